The van der Waals surface area contributed by atoms with Crippen molar-refractivity contribution in [1.82, 2.24) is 5.06 Å². The van der Waals surface area contributed by atoms with Crippen LogP contribution in [0.25, 0.3) is 0 Å². The first-order valence-electron chi connectivity index (χ1n) is 9.06. The van der Waals surface area contributed by atoms with E-state index in [1.807, 2.05) is 0 Å². The molecular formula is C20H29NO6. The van der Waals surface area contributed by atoms with Gasteiger partial charge in [0.2, 0.25) is 0 Å². The van der Waals surface area contributed by atoms with Gasteiger partial charge in [0.05, 0.1) is 13.5 Å². The number of benzene rings is 1. The van der Waals surface area contributed by atoms with Crippen molar-refractivity contribution in [2.24, 2.45) is 5.41 Å². The van der Waals surface area contributed by atoms with E-state index in [4.69, 9.17) is 20.2 Å². The van der Waals surface area contributed by atoms with Crippen molar-refractivity contribution in [2.75, 3.05) is 13.7 Å². The minimum absolute atomic E-state index is 0.208. The van der Waals surface area contributed by atoms with Gasteiger partial charge in [-0.3, -0.25) is 4.79 Å². The van der Waals surface area contributed by atoms with E-state index >= 15 is 0 Å². The first-order chi connectivity index (χ1) is 12.5. The third-order valence-electron chi connectivity index (χ3n) is 6.35. The van der Waals surface area contributed by atoms with Crippen LogP contribution in [0.4, 0.5) is 0 Å². The first kappa shape index (κ1) is 21.3. The largest absolute Gasteiger partial charge is 0.481 e. The van der Waals surface area contributed by atoms with Crippen molar-refractivity contribution in [1.29, 1.82) is 0 Å². The first-order valence-corrected chi connectivity index (χ1v) is 9.06. The molecule has 1 fully saturated rings. The highest BCUT2D eigenvalue weighted by molar-refractivity contribution is 5.79. The molecule has 1 aliphatic carbocycles. The lowest BCUT2D eigenvalue weighted by Crippen LogP contribution is -2.53. The van der Waals surface area contributed by atoms with Crippen molar-refractivity contribution in [3.8, 4) is 0 Å². The Hall–Kier alpha value is -1.96. The Morgan fingerprint density at radius 3 is 2.41 bits per heavy atom. The van der Waals surface area contributed by atoms with Crippen LogP contribution in [0.3, 0.4) is 0 Å². The van der Waals surface area contributed by atoms with Crippen molar-refractivity contribution in [3.05, 3.63) is 35.4 Å². The van der Waals surface area contributed by atoms with Gasteiger partial charge in [-0.15, -0.1) is 0 Å². The number of carboxylic acids is 2. The average Bonchev–Trinajstić information content (AvgIpc) is 2.93. The van der Waals surface area contributed by atoms with Crippen LogP contribution in [-0.2, 0) is 26.3 Å². The standard InChI is InChI=1S/C16H23NO.C4H6O5/c1-15(2)13-8-6-5-7-12(13)11-14-16(15,3)9-10-17(14)18-4;5-2(4(8)9)1-3(6)7/h5-8,14H,9-11H2,1-4H3;2,5H,1H2,(H,6,7)(H,8,9)/t14-,16+;2-/m00/s1. The van der Waals surface area contributed by atoms with E-state index < -0.39 is 24.5 Å². The minimum Gasteiger partial charge on any atom is -0.481 e. The summed E-state index contributed by atoms with van der Waals surface area (Å²) in [5.74, 6) is -2.85. The third-order valence-corrected chi connectivity index (χ3v) is 6.35. The van der Waals surface area contributed by atoms with Crippen LogP contribution >= 0.6 is 0 Å². The summed E-state index contributed by atoms with van der Waals surface area (Å²) < 4.78 is 0. The summed E-state index contributed by atoms with van der Waals surface area (Å²) in [4.78, 5) is 25.0. The maximum atomic E-state index is 9.72. The summed E-state index contributed by atoms with van der Waals surface area (Å²) in [5.41, 5.74) is 3.53. The van der Waals surface area contributed by atoms with Crippen molar-refractivity contribution >= 4 is 11.9 Å². The van der Waals surface area contributed by atoms with Gasteiger partial charge in [0.15, 0.2) is 6.10 Å². The molecule has 0 saturated carbocycles. The molecule has 0 radical (unpaired) electrons. The summed E-state index contributed by atoms with van der Waals surface area (Å²) in [6.07, 6.45) is -0.214. The lowest BCUT2D eigenvalue weighted by Gasteiger charge is -2.51. The molecule has 27 heavy (non-hydrogen) atoms. The van der Waals surface area contributed by atoms with Crippen LogP contribution in [0.2, 0.25) is 0 Å². The molecule has 0 amide bonds. The second-order valence-electron chi connectivity index (χ2n) is 7.94. The van der Waals surface area contributed by atoms with E-state index in [9.17, 15) is 9.59 Å². The van der Waals surface area contributed by atoms with Crippen LogP contribution in [0.5, 0.6) is 0 Å². The fraction of sp³-hybridized carbons (Fsp3) is 0.600. The van der Waals surface area contributed by atoms with Gasteiger partial charge >= 0.3 is 11.9 Å². The third kappa shape index (κ3) is 4.00. The molecule has 150 valence electrons. The lowest BCUT2D eigenvalue weighted by molar-refractivity contribution is -0.160. The predicted octanol–water partition coefficient (Wildman–Crippen LogP) is 2.07. The maximum Gasteiger partial charge on any atom is 0.333 e. The van der Waals surface area contributed by atoms with Gasteiger partial charge in [-0.05, 0) is 34.8 Å². The quantitative estimate of drug-likeness (QED) is 0.735. The van der Waals surface area contributed by atoms with Crippen LogP contribution in [0.15, 0.2) is 24.3 Å². The number of aliphatic hydroxyl groups excluding tert-OH is 1. The van der Waals surface area contributed by atoms with Crippen LogP contribution in [0.1, 0.15) is 44.7 Å². The molecule has 0 bridgehead atoms. The van der Waals surface area contributed by atoms with Crippen molar-refractivity contribution in [2.45, 2.75) is 57.6 Å². The number of carbonyl (C=O) groups is 2. The highest BCUT2D eigenvalue weighted by atomic mass is 16.7. The minimum atomic E-state index is -1.79. The zero-order valence-electron chi connectivity index (χ0n) is 16.3. The summed E-state index contributed by atoms with van der Waals surface area (Å²) in [5, 5.41) is 26.3. The molecule has 3 atom stereocenters. The number of hydrogen-bond acceptors (Lipinski definition) is 5. The molecule has 3 N–H and O–H groups in total. The number of fused-ring (bicyclic) bond motifs is 2. The average molecular weight is 379 g/mol. The molecule has 1 aliphatic heterocycles. The van der Waals surface area contributed by atoms with E-state index in [0.717, 1.165) is 13.0 Å². The van der Waals surface area contributed by atoms with Crippen LogP contribution < -0.4 is 0 Å². The van der Waals surface area contributed by atoms with Crippen molar-refractivity contribution in [3.63, 3.8) is 0 Å². The van der Waals surface area contributed by atoms with Gasteiger partial charge in [0.1, 0.15) is 0 Å². The molecule has 3 rings (SSSR count). The lowest BCUT2D eigenvalue weighted by atomic mass is 9.54. The van der Waals surface area contributed by atoms with E-state index in [1.165, 1.54) is 17.5 Å². The van der Waals surface area contributed by atoms with E-state index in [0.29, 0.717) is 11.5 Å². The zero-order chi connectivity index (χ0) is 20.4. The molecular weight excluding hydrogens is 350 g/mol. The second kappa shape index (κ2) is 7.96. The number of carboxylic acid groups (broad SMARTS) is 2. The van der Waals surface area contributed by atoms with Crippen molar-refractivity contribution < 1.29 is 29.7 Å². The predicted molar refractivity (Wildman–Crippen MR) is 99.3 cm³/mol. The van der Waals surface area contributed by atoms with Crippen LogP contribution in [0, 0.1) is 5.41 Å². The Morgan fingerprint density at radius 1 is 1.26 bits per heavy atom. The van der Waals surface area contributed by atoms with E-state index in [-0.39, 0.29) is 5.41 Å². The normalized spacial score (nSPS) is 26.9. The van der Waals surface area contributed by atoms with Gasteiger partial charge in [-0.2, -0.15) is 5.06 Å². The number of hydrogen-bond donors (Lipinski definition) is 3. The van der Waals surface area contributed by atoms with E-state index in [1.54, 1.807) is 7.11 Å². The van der Waals surface area contributed by atoms with Gasteiger partial charge in [-0.25, -0.2) is 4.79 Å². The Kier molecular flexibility index (Phi) is 6.29. The van der Waals surface area contributed by atoms with Gasteiger partial charge in [0, 0.05) is 12.6 Å². The maximum absolute atomic E-state index is 9.72. The number of nitrogens with zero attached hydrogens (tertiary/aromatic N) is 1. The number of aliphatic carboxylic acids is 2. The zero-order valence-corrected chi connectivity index (χ0v) is 16.3. The van der Waals surface area contributed by atoms with E-state index in [2.05, 4.69) is 50.1 Å². The molecule has 0 spiro atoms. The molecule has 1 saturated heterocycles. The molecule has 7 nitrogen and oxygen atoms in total. The topological polar surface area (TPSA) is 107 Å². The smallest absolute Gasteiger partial charge is 0.333 e. The number of hydroxylamine groups is 2. The summed E-state index contributed by atoms with van der Waals surface area (Å²) in [6.45, 7) is 8.29. The molecule has 0 aromatic heterocycles. The second-order valence-corrected chi connectivity index (χ2v) is 7.94. The Labute approximate surface area is 159 Å². The summed E-state index contributed by atoms with van der Waals surface area (Å²) in [6, 6.07) is 9.43. The van der Waals surface area contributed by atoms with Gasteiger partial charge in [0.25, 0.3) is 0 Å². The SMILES string of the molecule is CON1CC[C@]2(C)[C@@H]1Cc1ccccc1C2(C)C.O=C(O)C[C@H](O)C(=O)O. The molecule has 0 unspecified atom stereocenters. The van der Waals surface area contributed by atoms with Crippen LogP contribution in [-0.4, -0.2) is 58.1 Å². The fourth-order valence-electron chi connectivity index (χ4n) is 4.33. The Bertz CT molecular complexity index is 703. The number of rotatable bonds is 4. The fourth-order valence-corrected chi connectivity index (χ4v) is 4.33. The van der Waals surface area contributed by atoms with Gasteiger partial charge in [-0.1, -0.05) is 45.0 Å². The van der Waals surface area contributed by atoms with Gasteiger partial charge < -0.3 is 20.2 Å². The Morgan fingerprint density at radius 2 is 1.89 bits per heavy atom. The molecule has 1 aromatic carbocycles. The highest BCUT2D eigenvalue weighted by Crippen LogP contribution is 2.56. The summed E-state index contributed by atoms with van der Waals surface area (Å²) in [7, 11) is 1.80. The molecule has 1 aromatic rings. The highest BCUT2D eigenvalue weighted by Gasteiger charge is 2.56. The Balaban J connectivity index is 0.000000249. The molecule has 7 heteroatoms. The molecule has 2 aliphatic rings. The summed E-state index contributed by atoms with van der Waals surface area (Å²) >= 11 is 0. The molecule has 1 heterocycles. The number of aliphatic hydroxyl groups is 1. The monoisotopic (exact) mass is 379 g/mol.